The molecule has 22 heavy (non-hydrogen) atoms. The van der Waals surface area contributed by atoms with E-state index in [1.807, 2.05) is 18.3 Å². The first kappa shape index (κ1) is 15.0. The van der Waals surface area contributed by atoms with E-state index in [9.17, 15) is 4.79 Å². The summed E-state index contributed by atoms with van der Waals surface area (Å²) < 4.78 is 0. The Balaban J connectivity index is 2.01. The van der Waals surface area contributed by atoms with Crippen LogP contribution in [0.2, 0.25) is 0 Å². The summed E-state index contributed by atoms with van der Waals surface area (Å²) in [4.78, 5) is 20.1. The Morgan fingerprint density at radius 1 is 1.45 bits per heavy atom. The molecule has 0 bridgehead atoms. The Bertz CT molecular complexity index is 666. The van der Waals surface area contributed by atoms with Crippen molar-refractivity contribution in [2.24, 2.45) is 0 Å². The zero-order valence-corrected chi connectivity index (χ0v) is 14.0. The molecule has 116 valence electrons. The number of amides is 1. The lowest BCUT2D eigenvalue weighted by molar-refractivity contribution is -0.121. The van der Waals surface area contributed by atoms with Gasteiger partial charge in [0, 0.05) is 30.1 Å². The second-order valence-electron chi connectivity index (χ2n) is 6.29. The van der Waals surface area contributed by atoms with E-state index < -0.39 is 0 Å². The third-order valence-corrected chi connectivity index (χ3v) is 5.18. The first-order valence-electron chi connectivity index (χ1n) is 7.49. The fourth-order valence-electron chi connectivity index (χ4n) is 3.14. The van der Waals surface area contributed by atoms with Crippen molar-refractivity contribution in [3.05, 3.63) is 46.4 Å². The van der Waals surface area contributed by atoms with Crippen LogP contribution in [0.5, 0.6) is 0 Å². The van der Waals surface area contributed by atoms with Gasteiger partial charge < -0.3 is 10.2 Å². The third kappa shape index (κ3) is 2.61. The van der Waals surface area contributed by atoms with E-state index in [2.05, 4.69) is 46.6 Å². The van der Waals surface area contributed by atoms with Gasteiger partial charge in [0.05, 0.1) is 23.8 Å². The van der Waals surface area contributed by atoms with Crippen molar-refractivity contribution >= 4 is 22.9 Å². The Hall–Kier alpha value is -1.88. The number of nitrogens with one attached hydrogen (secondary N) is 1. The average molecular weight is 315 g/mol. The standard InChI is InChI=1S/C17H21N3OS/c1-17(2)11-20(12-6-4-8-19-16(12)17)13(10-15(21)18-3)14-7-5-9-22-14/h4-9,13H,10-11H2,1-3H3,(H,18,21). The molecular formula is C17H21N3OS. The van der Waals surface area contributed by atoms with Gasteiger partial charge in [-0.2, -0.15) is 0 Å². The molecule has 0 spiro atoms. The SMILES string of the molecule is CNC(=O)CC(c1cccs1)N1CC(C)(C)c2ncccc21. The quantitative estimate of drug-likeness (QED) is 0.943. The second-order valence-corrected chi connectivity index (χ2v) is 7.27. The molecule has 3 rings (SSSR count). The minimum atomic E-state index is -0.00516. The highest BCUT2D eigenvalue weighted by molar-refractivity contribution is 7.10. The van der Waals surface area contributed by atoms with Crippen molar-refractivity contribution in [3.63, 3.8) is 0 Å². The summed E-state index contributed by atoms with van der Waals surface area (Å²) in [5, 5.41) is 4.82. The summed E-state index contributed by atoms with van der Waals surface area (Å²) in [5.41, 5.74) is 2.26. The molecule has 1 aliphatic rings. The van der Waals surface area contributed by atoms with E-state index in [1.165, 1.54) is 4.88 Å². The van der Waals surface area contributed by atoms with Gasteiger partial charge >= 0.3 is 0 Å². The first-order chi connectivity index (χ1) is 10.5. The van der Waals surface area contributed by atoms with E-state index >= 15 is 0 Å². The smallest absolute Gasteiger partial charge is 0.222 e. The van der Waals surface area contributed by atoms with Gasteiger partial charge in [-0.1, -0.05) is 19.9 Å². The zero-order valence-electron chi connectivity index (χ0n) is 13.2. The average Bonchev–Trinajstić information content (AvgIpc) is 3.12. The van der Waals surface area contributed by atoms with Crippen LogP contribution >= 0.6 is 11.3 Å². The monoisotopic (exact) mass is 315 g/mol. The molecule has 5 heteroatoms. The van der Waals surface area contributed by atoms with Crippen LogP contribution in [0.15, 0.2) is 35.8 Å². The van der Waals surface area contributed by atoms with Gasteiger partial charge in [-0.25, -0.2) is 0 Å². The van der Waals surface area contributed by atoms with Crippen LogP contribution in [0, 0.1) is 0 Å². The number of rotatable bonds is 4. The minimum Gasteiger partial charge on any atom is -0.361 e. The molecule has 2 aromatic heterocycles. The summed E-state index contributed by atoms with van der Waals surface area (Å²) in [6.07, 6.45) is 2.31. The van der Waals surface area contributed by atoms with Gasteiger partial charge in [0.25, 0.3) is 0 Å². The number of anilines is 1. The molecule has 0 saturated carbocycles. The van der Waals surface area contributed by atoms with Crippen LogP contribution < -0.4 is 10.2 Å². The van der Waals surface area contributed by atoms with Crippen molar-refractivity contribution in [3.8, 4) is 0 Å². The lowest BCUT2D eigenvalue weighted by atomic mass is 9.91. The lowest BCUT2D eigenvalue weighted by Crippen LogP contribution is -2.34. The van der Waals surface area contributed by atoms with E-state index in [0.717, 1.165) is 17.9 Å². The van der Waals surface area contributed by atoms with Crippen LogP contribution in [0.4, 0.5) is 5.69 Å². The van der Waals surface area contributed by atoms with Crippen molar-refractivity contribution in [2.75, 3.05) is 18.5 Å². The number of carbonyl (C=O) groups is 1. The number of fused-ring (bicyclic) bond motifs is 1. The van der Waals surface area contributed by atoms with Crippen molar-refractivity contribution in [1.82, 2.24) is 10.3 Å². The Labute approximate surface area is 135 Å². The molecule has 2 aromatic rings. The largest absolute Gasteiger partial charge is 0.361 e. The number of hydrogen-bond donors (Lipinski definition) is 1. The topological polar surface area (TPSA) is 45.2 Å². The predicted octanol–water partition coefficient (Wildman–Crippen LogP) is 3.12. The fourth-order valence-corrected chi connectivity index (χ4v) is 3.98. The molecule has 1 unspecified atom stereocenters. The molecule has 1 aliphatic heterocycles. The Kier molecular flexibility index (Phi) is 3.91. The maximum Gasteiger partial charge on any atom is 0.222 e. The molecule has 0 aliphatic carbocycles. The minimum absolute atomic E-state index is 0.00516. The molecule has 0 fully saturated rings. The van der Waals surface area contributed by atoms with E-state index in [0.29, 0.717) is 6.42 Å². The number of pyridine rings is 1. The molecule has 3 heterocycles. The molecule has 1 atom stereocenters. The van der Waals surface area contributed by atoms with Gasteiger partial charge in [0.1, 0.15) is 0 Å². The maximum atomic E-state index is 12.0. The number of thiophene rings is 1. The van der Waals surface area contributed by atoms with E-state index in [-0.39, 0.29) is 17.4 Å². The van der Waals surface area contributed by atoms with Crippen LogP contribution in [0.25, 0.3) is 0 Å². The molecule has 0 radical (unpaired) electrons. The molecule has 0 aromatic carbocycles. The second kappa shape index (κ2) is 5.72. The number of nitrogens with zero attached hydrogens (tertiary/aromatic N) is 2. The van der Waals surface area contributed by atoms with Crippen molar-refractivity contribution < 1.29 is 4.79 Å². The highest BCUT2D eigenvalue weighted by Crippen LogP contribution is 2.44. The summed E-state index contributed by atoms with van der Waals surface area (Å²) in [6.45, 7) is 5.30. The van der Waals surface area contributed by atoms with Gasteiger partial charge in [0.2, 0.25) is 5.91 Å². The van der Waals surface area contributed by atoms with Crippen LogP contribution in [0.3, 0.4) is 0 Å². The van der Waals surface area contributed by atoms with E-state index in [1.54, 1.807) is 18.4 Å². The normalized spacial score (nSPS) is 17.1. The Morgan fingerprint density at radius 2 is 2.27 bits per heavy atom. The fraction of sp³-hybridized carbons (Fsp3) is 0.412. The summed E-state index contributed by atoms with van der Waals surface area (Å²) in [7, 11) is 1.69. The van der Waals surface area contributed by atoms with Gasteiger partial charge in [-0.05, 0) is 23.6 Å². The van der Waals surface area contributed by atoms with Gasteiger partial charge in [0.15, 0.2) is 0 Å². The summed E-state index contributed by atoms with van der Waals surface area (Å²) in [6, 6.07) is 8.30. The van der Waals surface area contributed by atoms with Gasteiger partial charge in [-0.3, -0.25) is 9.78 Å². The molecule has 1 N–H and O–H groups in total. The molecular weight excluding hydrogens is 294 g/mol. The predicted molar refractivity (Wildman–Crippen MR) is 90.4 cm³/mol. The third-order valence-electron chi connectivity index (χ3n) is 4.21. The highest BCUT2D eigenvalue weighted by atomic mass is 32.1. The van der Waals surface area contributed by atoms with Crippen LogP contribution in [-0.2, 0) is 10.2 Å². The van der Waals surface area contributed by atoms with Crippen LogP contribution in [0.1, 0.15) is 36.9 Å². The lowest BCUT2D eigenvalue weighted by Gasteiger charge is -2.30. The summed E-state index contributed by atoms with van der Waals surface area (Å²) in [5.74, 6) is 0.0635. The first-order valence-corrected chi connectivity index (χ1v) is 8.37. The van der Waals surface area contributed by atoms with E-state index in [4.69, 9.17) is 0 Å². The van der Waals surface area contributed by atoms with Crippen molar-refractivity contribution in [1.29, 1.82) is 0 Å². The highest BCUT2D eigenvalue weighted by Gasteiger charge is 2.40. The maximum absolute atomic E-state index is 12.0. The number of aromatic nitrogens is 1. The molecule has 1 amide bonds. The number of carbonyl (C=O) groups excluding carboxylic acids is 1. The molecule has 4 nitrogen and oxygen atoms in total. The van der Waals surface area contributed by atoms with Crippen LogP contribution in [-0.4, -0.2) is 24.5 Å². The number of hydrogen-bond acceptors (Lipinski definition) is 4. The summed E-state index contributed by atoms with van der Waals surface area (Å²) >= 11 is 1.70. The molecule has 0 saturated heterocycles. The Morgan fingerprint density at radius 3 is 2.95 bits per heavy atom. The van der Waals surface area contributed by atoms with Crippen molar-refractivity contribution in [2.45, 2.75) is 31.7 Å². The van der Waals surface area contributed by atoms with Gasteiger partial charge in [-0.15, -0.1) is 11.3 Å². The zero-order chi connectivity index (χ0) is 15.7.